The van der Waals surface area contributed by atoms with E-state index in [0.29, 0.717) is 6.61 Å². The van der Waals surface area contributed by atoms with E-state index in [1.54, 1.807) is 0 Å². The molecule has 0 radical (unpaired) electrons. The zero-order chi connectivity index (χ0) is 6.27. The zero-order valence-corrected chi connectivity index (χ0v) is 5.12. The molecular weight excluding hydrogens is 120 g/mol. The van der Waals surface area contributed by atoms with Gasteiger partial charge in [0.2, 0.25) is 0 Å². The summed E-state index contributed by atoms with van der Waals surface area (Å²) in [6, 6.07) is 0. The second-order valence-electron chi connectivity index (χ2n) is 2.56. The molecule has 2 rings (SSSR count). The van der Waals surface area contributed by atoms with Gasteiger partial charge in [0.25, 0.3) is 0 Å². The van der Waals surface area contributed by atoms with Crippen LogP contribution in [0.4, 0.5) is 0 Å². The van der Waals surface area contributed by atoms with Crippen LogP contribution in [0.1, 0.15) is 6.42 Å². The van der Waals surface area contributed by atoms with E-state index in [4.69, 9.17) is 14.6 Å². The molecule has 0 saturated carbocycles. The lowest BCUT2D eigenvalue weighted by molar-refractivity contribution is 0.0187. The Kier molecular flexibility index (Phi) is 1.22. The molecule has 2 saturated heterocycles. The van der Waals surface area contributed by atoms with E-state index in [9.17, 15) is 0 Å². The van der Waals surface area contributed by atoms with Crippen LogP contribution in [0, 0.1) is 0 Å². The lowest BCUT2D eigenvalue weighted by Gasteiger charge is -2.08. The highest BCUT2D eigenvalue weighted by atomic mass is 16.6. The lowest BCUT2D eigenvalue weighted by atomic mass is 10.1. The molecule has 3 nitrogen and oxygen atoms in total. The maximum Gasteiger partial charge on any atom is 0.112 e. The fourth-order valence-electron chi connectivity index (χ4n) is 1.45. The van der Waals surface area contributed by atoms with Gasteiger partial charge in [-0.15, -0.1) is 0 Å². The van der Waals surface area contributed by atoms with Gasteiger partial charge >= 0.3 is 0 Å². The highest BCUT2D eigenvalue weighted by Crippen LogP contribution is 2.25. The van der Waals surface area contributed by atoms with E-state index in [1.807, 2.05) is 0 Å². The molecule has 0 aliphatic carbocycles. The first-order chi connectivity index (χ1) is 4.38. The van der Waals surface area contributed by atoms with Crippen molar-refractivity contribution in [1.82, 2.24) is 0 Å². The minimum Gasteiger partial charge on any atom is -0.388 e. The Balaban J connectivity index is 2.07. The Morgan fingerprint density at radius 3 is 3.00 bits per heavy atom. The Hall–Kier alpha value is -0.120. The van der Waals surface area contributed by atoms with E-state index >= 15 is 0 Å². The predicted octanol–water partition coefficient (Wildman–Crippen LogP) is -0.465. The molecular formula is C6H10O3. The fourth-order valence-corrected chi connectivity index (χ4v) is 1.45. The Morgan fingerprint density at radius 1 is 1.33 bits per heavy atom. The molecule has 9 heavy (non-hydrogen) atoms. The Morgan fingerprint density at radius 2 is 2.22 bits per heavy atom. The average molecular weight is 130 g/mol. The third kappa shape index (κ3) is 0.764. The van der Waals surface area contributed by atoms with Crippen LogP contribution in [0.15, 0.2) is 0 Å². The van der Waals surface area contributed by atoms with Crippen LogP contribution in [0.3, 0.4) is 0 Å². The van der Waals surface area contributed by atoms with Crippen molar-refractivity contribution >= 4 is 0 Å². The quantitative estimate of drug-likeness (QED) is 0.482. The van der Waals surface area contributed by atoms with Crippen molar-refractivity contribution in [3.8, 4) is 0 Å². The topological polar surface area (TPSA) is 38.7 Å². The maximum atomic E-state index is 9.15. The average Bonchev–Trinajstić information content (AvgIpc) is 2.35. The van der Waals surface area contributed by atoms with Crippen molar-refractivity contribution in [2.24, 2.45) is 0 Å². The van der Waals surface area contributed by atoms with E-state index in [1.165, 1.54) is 0 Å². The Bertz CT molecular complexity index is 115. The second kappa shape index (κ2) is 1.94. The summed E-state index contributed by atoms with van der Waals surface area (Å²) in [5, 5.41) is 9.15. The molecule has 0 aromatic heterocycles. The summed E-state index contributed by atoms with van der Waals surface area (Å²) in [7, 11) is 0. The molecule has 1 N–H and O–H groups in total. The van der Waals surface area contributed by atoms with Crippen molar-refractivity contribution in [1.29, 1.82) is 0 Å². The SMILES string of the molecule is OC1COC2CCO[C@H]12. The van der Waals surface area contributed by atoms with Gasteiger partial charge in [0.1, 0.15) is 12.2 Å². The number of aliphatic hydroxyl groups is 1. The molecule has 0 bridgehead atoms. The first kappa shape index (κ1) is 5.65. The lowest BCUT2D eigenvalue weighted by Crippen LogP contribution is -2.26. The minimum atomic E-state index is -0.377. The molecule has 0 aromatic carbocycles. The largest absolute Gasteiger partial charge is 0.388 e. The van der Waals surface area contributed by atoms with Gasteiger partial charge in [-0.25, -0.2) is 0 Å². The molecule has 0 amide bonds. The first-order valence-corrected chi connectivity index (χ1v) is 3.29. The molecule has 3 heteroatoms. The number of hydrogen-bond acceptors (Lipinski definition) is 3. The van der Waals surface area contributed by atoms with Crippen molar-refractivity contribution in [3.63, 3.8) is 0 Å². The second-order valence-corrected chi connectivity index (χ2v) is 2.56. The number of aliphatic hydroxyl groups excluding tert-OH is 1. The molecule has 2 aliphatic rings. The van der Waals surface area contributed by atoms with Crippen molar-refractivity contribution in [2.45, 2.75) is 24.7 Å². The van der Waals surface area contributed by atoms with Gasteiger partial charge in [0.05, 0.1) is 12.7 Å². The van der Waals surface area contributed by atoms with Gasteiger partial charge in [0.15, 0.2) is 0 Å². The monoisotopic (exact) mass is 130 g/mol. The van der Waals surface area contributed by atoms with Crippen LogP contribution in [0.2, 0.25) is 0 Å². The molecule has 2 fully saturated rings. The summed E-state index contributed by atoms with van der Waals surface area (Å²) >= 11 is 0. The van der Waals surface area contributed by atoms with E-state index in [2.05, 4.69) is 0 Å². The van der Waals surface area contributed by atoms with Crippen LogP contribution in [-0.4, -0.2) is 36.6 Å². The normalized spacial score (nSPS) is 49.7. The minimum absolute atomic E-state index is 0.0231. The summed E-state index contributed by atoms with van der Waals surface area (Å²) in [6.45, 7) is 1.20. The van der Waals surface area contributed by atoms with Gasteiger partial charge in [-0.2, -0.15) is 0 Å². The molecule has 52 valence electrons. The van der Waals surface area contributed by atoms with Gasteiger partial charge in [-0.3, -0.25) is 0 Å². The molecule has 2 unspecified atom stereocenters. The molecule has 3 atom stereocenters. The van der Waals surface area contributed by atoms with Crippen molar-refractivity contribution in [2.75, 3.05) is 13.2 Å². The number of ether oxygens (including phenoxy) is 2. The van der Waals surface area contributed by atoms with E-state index in [-0.39, 0.29) is 18.3 Å². The smallest absolute Gasteiger partial charge is 0.112 e. The van der Waals surface area contributed by atoms with Crippen LogP contribution in [0.25, 0.3) is 0 Å². The highest BCUT2D eigenvalue weighted by molar-refractivity contribution is 4.88. The molecule has 0 aromatic rings. The molecule has 2 aliphatic heterocycles. The van der Waals surface area contributed by atoms with E-state index < -0.39 is 0 Å². The van der Waals surface area contributed by atoms with E-state index in [0.717, 1.165) is 13.0 Å². The molecule has 2 heterocycles. The fraction of sp³-hybridized carbons (Fsp3) is 1.00. The summed E-state index contributed by atoms with van der Waals surface area (Å²) in [5.74, 6) is 0. The standard InChI is InChI=1S/C6H10O3/c7-4-3-9-5-1-2-8-6(4)5/h4-7H,1-3H2/t4?,5?,6-/m1/s1. The summed E-state index contributed by atoms with van der Waals surface area (Å²) in [4.78, 5) is 0. The molecule has 0 spiro atoms. The highest BCUT2D eigenvalue weighted by Gasteiger charge is 2.40. The predicted molar refractivity (Wildman–Crippen MR) is 30.1 cm³/mol. The van der Waals surface area contributed by atoms with Crippen LogP contribution < -0.4 is 0 Å². The van der Waals surface area contributed by atoms with Gasteiger partial charge < -0.3 is 14.6 Å². The van der Waals surface area contributed by atoms with Crippen molar-refractivity contribution in [3.05, 3.63) is 0 Å². The Labute approximate surface area is 53.6 Å². The number of hydrogen-bond donors (Lipinski definition) is 1. The van der Waals surface area contributed by atoms with Gasteiger partial charge in [-0.1, -0.05) is 0 Å². The van der Waals surface area contributed by atoms with Crippen LogP contribution in [-0.2, 0) is 9.47 Å². The number of fused-ring (bicyclic) bond motifs is 1. The van der Waals surface area contributed by atoms with Gasteiger partial charge in [0, 0.05) is 6.61 Å². The number of rotatable bonds is 0. The van der Waals surface area contributed by atoms with Crippen molar-refractivity contribution < 1.29 is 14.6 Å². The third-order valence-electron chi connectivity index (χ3n) is 1.94. The first-order valence-electron chi connectivity index (χ1n) is 3.29. The van der Waals surface area contributed by atoms with Crippen LogP contribution in [0.5, 0.6) is 0 Å². The zero-order valence-electron chi connectivity index (χ0n) is 5.12. The third-order valence-corrected chi connectivity index (χ3v) is 1.94. The van der Waals surface area contributed by atoms with Crippen LogP contribution >= 0.6 is 0 Å². The van der Waals surface area contributed by atoms with Gasteiger partial charge in [-0.05, 0) is 6.42 Å². The maximum absolute atomic E-state index is 9.15. The summed E-state index contributed by atoms with van der Waals surface area (Å²) in [5.41, 5.74) is 0. The summed E-state index contributed by atoms with van der Waals surface area (Å²) < 4.78 is 10.4. The summed E-state index contributed by atoms with van der Waals surface area (Å²) in [6.07, 6.45) is 0.726.